The van der Waals surface area contributed by atoms with Crippen LogP contribution in [0, 0.1) is 10.1 Å². The molecule has 5 heteroatoms. The van der Waals surface area contributed by atoms with Gasteiger partial charge in [-0.25, -0.2) is 0 Å². The number of likely N-dealkylation sites (N-methyl/N-ethyl adjacent to an activating group) is 2. The summed E-state index contributed by atoms with van der Waals surface area (Å²) in [6, 6.07) is 7.13. The van der Waals surface area contributed by atoms with Gasteiger partial charge in [0.25, 0.3) is 5.69 Å². The molecule has 0 heterocycles. The maximum absolute atomic E-state index is 10.8. The van der Waals surface area contributed by atoms with Crippen molar-refractivity contribution in [2.75, 3.05) is 27.2 Å². The van der Waals surface area contributed by atoms with Crippen molar-refractivity contribution in [2.45, 2.75) is 19.4 Å². The van der Waals surface area contributed by atoms with Crippen LogP contribution >= 0.6 is 0 Å². The summed E-state index contributed by atoms with van der Waals surface area (Å²) < 4.78 is 0. The van der Waals surface area contributed by atoms with Gasteiger partial charge in [-0.05, 0) is 26.1 Å². The van der Waals surface area contributed by atoms with Gasteiger partial charge in [0.15, 0.2) is 0 Å². The Balaban J connectivity index is 2.87. The highest BCUT2D eigenvalue weighted by Gasteiger charge is 2.17. The van der Waals surface area contributed by atoms with Crippen LogP contribution in [-0.4, -0.2) is 37.0 Å². The van der Waals surface area contributed by atoms with Crippen LogP contribution in [0.3, 0.4) is 0 Å². The number of non-ortho nitro benzene ring substituents is 1. The molecule has 1 unspecified atom stereocenters. The molecule has 18 heavy (non-hydrogen) atoms. The Morgan fingerprint density at radius 3 is 2.78 bits per heavy atom. The highest BCUT2D eigenvalue weighted by molar-refractivity contribution is 5.35. The van der Waals surface area contributed by atoms with E-state index in [9.17, 15) is 10.1 Å². The van der Waals surface area contributed by atoms with Crippen molar-refractivity contribution in [3.8, 4) is 0 Å². The van der Waals surface area contributed by atoms with Crippen LogP contribution in [0.15, 0.2) is 24.3 Å². The number of rotatable bonds is 7. The largest absolute Gasteiger partial charge is 0.318 e. The van der Waals surface area contributed by atoms with E-state index in [0.717, 1.165) is 25.1 Å². The summed E-state index contributed by atoms with van der Waals surface area (Å²) in [5.74, 6) is 0. The molecular weight excluding hydrogens is 230 g/mol. The fourth-order valence-electron chi connectivity index (χ4n) is 2.09. The lowest BCUT2D eigenvalue weighted by Gasteiger charge is -2.27. The predicted octanol–water partition coefficient (Wildman–Crippen LogP) is 2.20. The molecule has 0 amide bonds. The molecule has 1 aromatic carbocycles. The van der Waals surface area contributed by atoms with Gasteiger partial charge in [0.1, 0.15) is 0 Å². The molecule has 1 N–H and O–H groups in total. The van der Waals surface area contributed by atoms with E-state index in [2.05, 4.69) is 17.1 Å². The van der Waals surface area contributed by atoms with Gasteiger partial charge in [0.2, 0.25) is 0 Å². The molecule has 0 spiro atoms. The molecule has 1 atom stereocenters. The van der Waals surface area contributed by atoms with Crippen molar-refractivity contribution in [2.24, 2.45) is 0 Å². The standard InChI is InChI=1S/C13H21N3O2/c1-4-13(15(3)9-8-14-2)11-6-5-7-12(10-11)16(17)18/h5-7,10,13-14H,4,8-9H2,1-3H3. The molecule has 0 aromatic heterocycles. The lowest BCUT2D eigenvalue weighted by atomic mass is 10.0. The number of benzene rings is 1. The van der Waals surface area contributed by atoms with Crippen LogP contribution in [0.4, 0.5) is 5.69 Å². The molecule has 1 rings (SSSR count). The van der Waals surface area contributed by atoms with E-state index in [1.165, 1.54) is 6.07 Å². The first kappa shape index (κ1) is 14.6. The fourth-order valence-corrected chi connectivity index (χ4v) is 2.09. The second-order valence-corrected chi connectivity index (χ2v) is 4.36. The zero-order chi connectivity index (χ0) is 13.5. The van der Waals surface area contributed by atoms with Crippen molar-refractivity contribution in [3.05, 3.63) is 39.9 Å². The number of hydrogen-bond donors (Lipinski definition) is 1. The van der Waals surface area contributed by atoms with Gasteiger partial charge >= 0.3 is 0 Å². The normalized spacial score (nSPS) is 12.7. The van der Waals surface area contributed by atoms with Crippen LogP contribution < -0.4 is 5.32 Å². The monoisotopic (exact) mass is 251 g/mol. The molecule has 0 bridgehead atoms. The molecular formula is C13H21N3O2. The number of nitro groups is 1. The van der Waals surface area contributed by atoms with Crippen molar-refractivity contribution in [1.82, 2.24) is 10.2 Å². The van der Waals surface area contributed by atoms with Gasteiger partial charge in [-0.1, -0.05) is 19.1 Å². The zero-order valence-electron chi connectivity index (χ0n) is 11.2. The molecule has 5 nitrogen and oxygen atoms in total. The van der Waals surface area contributed by atoms with E-state index in [-0.39, 0.29) is 16.7 Å². The molecule has 0 radical (unpaired) electrons. The van der Waals surface area contributed by atoms with Gasteiger partial charge in [0, 0.05) is 31.3 Å². The average molecular weight is 251 g/mol. The summed E-state index contributed by atoms with van der Waals surface area (Å²) in [5, 5.41) is 13.9. The Morgan fingerprint density at radius 1 is 1.50 bits per heavy atom. The topological polar surface area (TPSA) is 58.4 Å². The third-order valence-electron chi connectivity index (χ3n) is 3.10. The van der Waals surface area contributed by atoms with Crippen molar-refractivity contribution in [1.29, 1.82) is 0 Å². The second kappa shape index (κ2) is 7.08. The van der Waals surface area contributed by atoms with Crippen molar-refractivity contribution < 1.29 is 4.92 Å². The molecule has 0 saturated carbocycles. The first-order chi connectivity index (χ1) is 8.60. The molecule has 1 aromatic rings. The van der Waals surface area contributed by atoms with E-state index in [0.29, 0.717) is 0 Å². The highest BCUT2D eigenvalue weighted by Crippen LogP contribution is 2.25. The van der Waals surface area contributed by atoms with Crippen LogP contribution in [0.5, 0.6) is 0 Å². The molecule has 0 fully saturated rings. The molecule has 100 valence electrons. The lowest BCUT2D eigenvalue weighted by molar-refractivity contribution is -0.385. The summed E-state index contributed by atoms with van der Waals surface area (Å²) >= 11 is 0. The Bertz CT molecular complexity index is 396. The van der Waals surface area contributed by atoms with Crippen LogP contribution in [0.25, 0.3) is 0 Å². The third-order valence-corrected chi connectivity index (χ3v) is 3.10. The summed E-state index contributed by atoms with van der Waals surface area (Å²) in [6.07, 6.45) is 0.932. The van der Waals surface area contributed by atoms with Crippen LogP contribution in [0.1, 0.15) is 24.9 Å². The van der Waals surface area contributed by atoms with Crippen molar-refractivity contribution in [3.63, 3.8) is 0 Å². The minimum atomic E-state index is -0.343. The van der Waals surface area contributed by atoms with Crippen molar-refractivity contribution >= 4 is 5.69 Å². The minimum absolute atomic E-state index is 0.160. The fraction of sp³-hybridized carbons (Fsp3) is 0.538. The smallest absolute Gasteiger partial charge is 0.269 e. The number of nitrogens with one attached hydrogen (secondary N) is 1. The second-order valence-electron chi connectivity index (χ2n) is 4.36. The number of nitrogens with zero attached hydrogens (tertiary/aromatic N) is 2. The summed E-state index contributed by atoms with van der Waals surface area (Å²) in [6.45, 7) is 3.92. The Hall–Kier alpha value is -1.46. The van der Waals surface area contributed by atoms with E-state index in [1.54, 1.807) is 12.1 Å². The summed E-state index contributed by atoms with van der Waals surface area (Å²) in [7, 11) is 3.96. The Labute approximate surface area is 108 Å². The first-order valence-corrected chi connectivity index (χ1v) is 6.19. The van der Waals surface area contributed by atoms with Gasteiger partial charge in [-0.3, -0.25) is 15.0 Å². The van der Waals surface area contributed by atoms with E-state index < -0.39 is 0 Å². The quantitative estimate of drug-likeness (QED) is 0.596. The predicted molar refractivity (Wildman–Crippen MR) is 72.7 cm³/mol. The summed E-state index contributed by atoms with van der Waals surface area (Å²) in [5.41, 5.74) is 1.17. The van der Waals surface area contributed by atoms with E-state index in [1.807, 2.05) is 20.2 Å². The van der Waals surface area contributed by atoms with Gasteiger partial charge in [-0.2, -0.15) is 0 Å². The number of nitro benzene ring substituents is 1. The van der Waals surface area contributed by atoms with Crippen LogP contribution in [-0.2, 0) is 0 Å². The van der Waals surface area contributed by atoms with Crippen LogP contribution in [0.2, 0.25) is 0 Å². The molecule has 0 saturated heterocycles. The van der Waals surface area contributed by atoms with Gasteiger partial charge in [-0.15, -0.1) is 0 Å². The average Bonchev–Trinajstić information content (AvgIpc) is 2.37. The Morgan fingerprint density at radius 2 is 2.22 bits per heavy atom. The Kier molecular flexibility index (Phi) is 5.74. The van der Waals surface area contributed by atoms with E-state index in [4.69, 9.17) is 0 Å². The molecule has 0 aliphatic rings. The highest BCUT2D eigenvalue weighted by atomic mass is 16.6. The maximum Gasteiger partial charge on any atom is 0.269 e. The number of hydrogen-bond acceptors (Lipinski definition) is 4. The van der Waals surface area contributed by atoms with E-state index >= 15 is 0 Å². The zero-order valence-corrected chi connectivity index (χ0v) is 11.2. The minimum Gasteiger partial charge on any atom is -0.318 e. The lowest BCUT2D eigenvalue weighted by Crippen LogP contribution is -2.30. The molecule has 0 aliphatic heterocycles. The van der Waals surface area contributed by atoms with Gasteiger partial charge < -0.3 is 5.32 Å². The molecule has 0 aliphatic carbocycles. The third kappa shape index (κ3) is 3.78. The summed E-state index contributed by atoms with van der Waals surface area (Å²) in [4.78, 5) is 12.7. The SMILES string of the molecule is CCC(c1cccc([N+](=O)[O-])c1)N(C)CCNC. The van der Waals surface area contributed by atoms with Gasteiger partial charge in [0.05, 0.1) is 4.92 Å². The first-order valence-electron chi connectivity index (χ1n) is 6.19. The maximum atomic E-state index is 10.8.